The maximum Gasteiger partial charge on any atom is 0.492 e. The predicted molar refractivity (Wildman–Crippen MR) is 127 cm³/mol. The second-order valence-corrected chi connectivity index (χ2v) is 9.38. The minimum atomic E-state index is -0.556. The number of hydrogen-bond donors (Lipinski definition) is 1. The fraction of sp³-hybridized carbons (Fsp3) is 0.375. The van der Waals surface area contributed by atoms with Gasteiger partial charge in [-0.3, -0.25) is 0 Å². The quantitative estimate of drug-likeness (QED) is 0.466. The summed E-state index contributed by atoms with van der Waals surface area (Å²) in [5, 5.41) is 2.83. The van der Waals surface area contributed by atoms with Gasteiger partial charge in [0.05, 0.1) is 11.2 Å². The number of hydrogen-bond acceptors (Lipinski definition) is 5. The van der Waals surface area contributed by atoms with Gasteiger partial charge in [-0.2, -0.15) is 0 Å². The fourth-order valence-electron chi connectivity index (χ4n) is 3.06. The summed E-state index contributed by atoms with van der Waals surface area (Å²) in [6.45, 7) is 8.53. The Morgan fingerprint density at radius 2 is 1.65 bits per heavy atom. The van der Waals surface area contributed by atoms with E-state index < -0.39 is 24.4 Å². The van der Waals surface area contributed by atoms with Gasteiger partial charge in [-0.1, -0.05) is 48.5 Å². The highest BCUT2D eigenvalue weighted by Gasteiger charge is 2.52. The summed E-state index contributed by atoms with van der Waals surface area (Å²) in [4.78, 5) is 13.5. The maximum absolute atomic E-state index is 12.3. The van der Waals surface area contributed by atoms with E-state index in [-0.39, 0.29) is 13.2 Å². The van der Waals surface area contributed by atoms with Gasteiger partial charge >= 0.3 is 13.2 Å². The number of carbonyl (C=O) groups is 1. The second-order valence-electron chi connectivity index (χ2n) is 8.50. The van der Waals surface area contributed by atoms with Gasteiger partial charge in [0, 0.05) is 11.4 Å². The van der Waals surface area contributed by atoms with E-state index in [1.54, 1.807) is 11.8 Å². The first-order valence-electron chi connectivity index (χ1n) is 10.3. The lowest BCUT2D eigenvalue weighted by atomic mass is 9.77. The minimum Gasteiger partial charge on any atom is -0.445 e. The molecule has 7 heteroatoms. The van der Waals surface area contributed by atoms with Crippen LogP contribution in [0.4, 0.5) is 4.79 Å². The van der Waals surface area contributed by atoms with Gasteiger partial charge in [0.1, 0.15) is 6.61 Å². The first-order valence-corrected chi connectivity index (χ1v) is 11.6. The zero-order valence-electron chi connectivity index (χ0n) is 18.8. The van der Waals surface area contributed by atoms with E-state index in [9.17, 15) is 4.79 Å². The van der Waals surface area contributed by atoms with Crippen molar-refractivity contribution in [2.45, 2.75) is 50.4 Å². The monoisotopic (exact) mass is 439 g/mol. The molecule has 1 amide bonds. The highest BCUT2D eigenvalue weighted by molar-refractivity contribution is 7.98. The predicted octanol–water partition coefficient (Wildman–Crippen LogP) is 5.35. The molecule has 0 radical (unpaired) electrons. The molecule has 1 aliphatic rings. The molecule has 164 valence electrons. The van der Waals surface area contributed by atoms with Gasteiger partial charge in [0.2, 0.25) is 0 Å². The molecule has 1 saturated heterocycles. The summed E-state index contributed by atoms with van der Waals surface area (Å²) in [5.74, 6) is 0. The van der Waals surface area contributed by atoms with Crippen LogP contribution in [0.2, 0.25) is 0 Å². The molecule has 0 saturated carbocycles. The average molecular weight is 439 g/mol. The zero-order valence-corrected chi connectivity index (χ0v) is 19.6. The Balaban J connectivity index is 1.71. The van der Waals surface area contributed by atoms with Crippen LogP contribution in [0.25, 0.3) is 6.08 Å². The second kappa shape index (κ2) is 9.94. The number of rotatable bonds is 7. The number of thioether (sulfide) groups is 1. The van der Waals surface area contributed by atoms with Gasteiger partial charge in [-0.05, 0) is 62.7 Å². The molecule has 2 aromatic rings. The lowest BCUT2D eigenvalue weighted by molar-refractivity contribution is 0.00578. The number of carbonyl (C=O) groups excluding carboxylic acids is 1. The third-order valence-corrected chi connectivity index (χ3v) is 6.42. The van der Waals surface area contributed by atoms with Crippen molar-refractivity contribution in [3.8, 4) is 0 Å². The topological polar surface area (TPSA) is 56.8 Å². The van der Waals surface area contributed by atoms with Crippen molar-refractivity contribution in [3.63, 3.8) is 0 Å². The molecule has 1 N–H and O–H groups in total. The highest BCUT2D eigenvalue weighted by Crippen LogP contribution is 2.38. The summed E-state index contributed by atoms with van der Waals surface area (Å²) in [5.41, 5.74) is 1.85. The number of ether oxygens (including phenoxy) is 1. The number of alkyl carbamates (subject to hydrolysis) is 1. The van der Waals surface area contributed by atoms with Crippen LogP contribution >= 0.6 is 11.8 Å². The summed E-state index contributed by atoms with van der Waals surface area (Å²) in [6, 6.07) is 17.8. The van der Waals surface area contributed by atoms with E-state index in [1.165, 1.54) is 4.90 Å². The largest absolute Gasteiger partial charge is 0.492 e. The van der Waals surface area contributed by atoms with Crippen molar-refractivity contribution in [2.75, 3.05) is 12.8 Å². The van der Waals surface area contributed by atoms with Crippen LogP contribution in [-0.4, -0.2) is 37.2 Å². The van der Waals surface area contributed by atoms with Gasteiger partial charge in [-0.25, -0.2) is 4.79 Å². The Hall–Kier alpha value is -2.22. The molecule has 2 aromatic carbocycles. The molecule has 1 aliphatic heterocycles. The van der Waals surface area contributed by atoms with E-state index in [0.717, 1.165) is 16.6 Å². The Kier molecular flexibility index (Phi) is 7.52. The molecule has 3 rings (SSSR count). The number of benzene rings is 2. The number of amides is 1. The average Bonchev–Trinajstić information content (AvgIpc) is 2.97. The van der Waals surface area contributed by atoms with Gasteiger partial charge in [-0.15, -0.1) is 11.8 Å². The smallest absolute Gasteiger partial charge is 0.445 e. The summed E-state index contributed by atoms with van der Waals surface area (Å²) in [7, 11) is -0.556. The molecule has 31 heavy (non-hydrogen) atoms. The molecule has 0 aromatic heterocycles. The van der Waals surface area contributed by atoms with E-state index in [0.29, 0.717) is 0 Å². The van der Waals surface area contributed by atoms with Crippen molar-refractivity contribution in [1.29, 1.82) is 0 Å². The molecule has 0 bridgehead atoms. The lowest BCUT2D eigenvalue weighted by Crippen LogP contribution is -2.41. The first-order chi connectivity index (χ1) is 14.7. The van der Waals surface area contributed by atoms with Crippen LogP contribution in [0.15, 0.2) is 65.0 Å². The molecule has 1 fully saturated rings. The van der Waals surface area contributed by atoms with Crippen molar-refractivity contribution in [3.05, 3.63) is 71.2 Å². The summed E-state index contributed by atoms with van der Waals surface area (Å²) < 4.78 is 17.8. The Morgan fingerprint density at radius 1 is 1.03 bits per heavy atom. The Bertz CT molecular complexity index is 897. The van der Waals surface area contributed by atoms with Crippen LogP contribution in [0.3, 0.4) is 0 Å². The molecule has 0 spiro atoms. The molecular weight excluding hydrogens is 409 g/mol. The zero-order chi connectivity index (χ0) is 22.5. The fourth-order valence-corrected chi connectivity index (χ4v) is 3.47. The molecular formula is C24H30BNO4S. The molecule has 0 unspecified atom stereocenters. The highest BCUT2D eigenvalue weighted by atomic mass is 32.2. The molecule has 0 aliphatic carbocycles. The lowest BCUT2D eigenvalue weighted by Gasteiger charge is -2.32. The van der Waals surface area contributed by atoms with Crippen LogP contribution in [0.5, 0.6) is 0 Å². The van der Waals surface area contributed by atoms with Crippen LogP contribution < -0.4 is 5.32 Å². The standard InChI is InChI=1S/C24H30BNO4S/c1-23(2)24(3,4)30-25(29-23)20(15-18-11-13-21(31-5)14-12-18)16-26-22(27)28-17-19-9-7-6-8-10-19/h6-15H,16-17H2,1-5H3,(H,26,27). The van der Waals surface area contributed by atoms with Crippen LogP contribution in [-0.2, 0) is 20.7 Å². The van der Waals surface area contributed by atoms with Crippen LogP contribution in [0.1, 0.15) is 38.8 Å². The van der Waals surface area contributed by atoms with Crippen molar-refractivity contribution in [1.82, 2.24) is 5.32 Å². The molecule has 1 heterocycles. The van der Waals surface area contributed by atoms with Gasteiger partial charge in [0.25, 0.3) is 0 Å². The van der Waals surface area contributed by atoms with Crippen molar-refractivity contribution in [2.24, 2.45) is 0 Å². The van der Waals surface area contributed by atoms with Crippen molar-refractivity contribution < 1.29 is 18.8 Å². The van der Waals surface area contributed by atoms with Crippen molar-refractivity contribution >= 4 is 31.0 Å². The molecule has 5 nitrogen and oxygen atoms in total. The third kappa shape index (κ3) is 6.15. The Morgan fingerprint density at radius 3 is 2.23 bits per heavy atom. The van der Waals surface area contributed by atoms with Gasteiger partial charge < -0.3 is 19.4 Å². The van der Waals surface area contributed by atoms with Gasteiger partial charge in [0.15, 0.2) is 0 Å². The SMILES string of the molecule is CSc1ccc(C=C(CNC(=O)OCc2ccccc2)B2OC(C)(C)C(C)(C)O2)cc1. The normalized spacial score (nSPS) is 17.5. The summed E-state index contributed by atoms with van der Waals surface area (Å²) >= 11 is 1.70. The Labute approximate surface area is 189 Å². The number of nitrogens with one attached hydrogen (secondary N) is 1. The van der Waals surface area contributed by atoms with Crippen LogP contribution in [0, 0.1) is 0 Å². The maximum atomic E-state index is 12.3. The van der Waals surface area contributed by atoms with E-state index in [4.69, 9.17) is 14.0 Å². The van der Waals surface area contributed by atoms with E-state index in [1.807, 2.05) is 82.5 Å². The van der Waals surface area contributed by atoms with E-state index >= 15 is 0 Å². The first kappa shape index (κ1) is 23.4. The van der Waals surface area contributed by atoms with E-state index in [2.05, 4.69) is 17.4 Å². The summed E-state index contributed by atoms with van der Waals surface area (Å²) in [6.07, 6.45) is 3.57. The minimum absolute atomic E-state index is 0.221. The third-order valence-electron chi connectivity index (χ3n) is 5.67. The molecule has 0 atom stereocenters.